The molecule has 0 saturated carbocycles. The zero-order valence-electron chi connectivity index (χ0n) is 17.6. The minimum absolute atomic E-state index is 0.258. The van der Waals surface area contributed by atoms with Gasteiger partial charge < -0.3 is 9.79 Å². The van der Waals surface area contributed by atoms with Gasteiger partial charge in [0.25, 0.3) is 5.56 Å². The van der Waals surface area contributed by atoms with Crippen molar-refractivity contribution < 1.29 is 13.7 Å². The highest BCUT2D eigenvalue weighted by atomic mass is 31.2. The Bertz CT molecular complexity index is 1370. The van der Waals surface area contributed by atoms with Crippen LogP contribution in [-0.2, 0) is 6.42 Å². The summed E-state index contributed by atoms with van der Waals surface area (Å²) in [4.78, 5) is 33.3. The Hall–Kier alpha value is -3.29. The van der Waals surface area contributed by atoms with Crippen molar-refractivity contribution in [1.82, 2.24) is 20.2 Å². The lowest BCUT2D eigenvalue weighted by Gasteiger charge is -2.40. The van der Waals surface area contributed by atoms with Crippen LogP contribution in [0.4, 0.5) is 14.7 Å². The van der Waals surface area contributed by atoms with Crippen molar-refractivity contribution in [1.29, 1.82) is 0 Å². The summed E-state index contributed by atoms with van der Waals surface area (Å²) in [7, 11) is -2.73. The molecule has 2 aromatic carbocycles. The van der Waals surface area contributed by atoms with Crippen molar-refractivity contribution in [2.24, 2.45) is 0 Å². The first kappa shape index (κ1) is 21.6. The smallest absolute Gasteiger partial charge is 0.272 e. The molecule has 3 heterocycles. The fourth-order valence-corrected chi connectivity index (χ4v) is 6.92. The third-order valence-electron chi connectivity index (χ3n) is 5.97. The van der Waals surface area contributed by atoms with Gasteiger partial charge in [-0.3, -0.25) is 4.79 Å². The van der Waals surface area contributed by atoms with E-state index in [1.165, 1.54) is 6.07 Å². The normalized spacial score (nSPS) is 15.7. The summed E-state index contributed by atoms with van der Waals surface area (Å²) in [6, 6.07) is 12.0. The van der Waals surface area contributed by atoms with Gasteiger partial charge in [0, 0.05) is 50.0 Å². The third-order valence-corrected chi connectivity index (χ3v) is 9.09. The molecule has 169 valence electrons. The van der Waals surface area contributed by atoms with E-state index in [-0.39, 0.29) is 5.56 Å². The van der Waals surface area contributed by atoms with Crippen molar-refractivity contribution in [3.05, 3.63) is 88.1 Å². The average molecular weight is 468 g/mol. The van der Waals surface area contributed by atoms with E-state index in [0.29, 0.717) is 54.2 Å². The van der Waals surface area contributed by atoms with E-state index in [4.69, 9.17) is 0 Å². The maximum absolute atomic E-state index is 14.8. The summed E-state index contributed by atoms with van der Waals surface area (Å²) in [5.74, 6) is -0.545. The summed E-state index contributed by atoms with van der Waals surface area (Å²) in [6.45, 7) is 0.900. The summed E-state index contributed by atoms with van der Waals surface area (Å²) < 4.78 is 27.9. The second kappa shape index (κ2) is 8.57. The first-order valence-electron chi connectivity index (χ1n) is 10.5. The molecule has 33 heavy (non-hydrogen) atoms. The Kier molecular flexibility index (Phi) is 5.60. The quantitative estimate of drug-likeness (QED) is 0.448. The van der Waals surface area contributed by atoms with E-state index in [9.17, 15) is 18.5 Å². The molecule has 4 aromatic rings. The molecule has 2 aromatic heterocycles. The molecule has 1 aliphatic heterocycles. The second-order valence-electron chi connectivity index (χ2n) is 8.07. The number of aromatic amines is 1. The summed E-state index contributed by atoms with van der Waals surface area (Å²) in [5.41, 5.74) is 1.22. The number of aromatic nitrogens is 4. The van der Waals surface area contributed by atoms with Gasteiger partial charge in [0.15, 0.2) is 5.82 Å². The fraction of sp³-hybridized carbons (Fsp3) is 0.217. The van der Waals surface area contributed by atoms with E-state index in [1.54, 1.807) is 24.3 Å². The van der Waals surface area contributed by atoms with Gasteiger partial charge in [0.05, 0.1) is 23.5 Å². The Morgan fingerprint density at radius 2 is 1.73 bits per heavy atom. The number of nitrogens with zero attached hydrogens (tertiary/aromatic N) is 4. The third kappa shape index (κ3) is 4.21. The van der Waals surface area contributed by atoms with Crippen LogP contribution < -0.4 is 15.8 Å². The second-order valence-corrected chi connectivity index (χ2v) is 11.3. The highest BCUT2D eigenvalue weighted by Gasteiger charge is 2.35. The Morgan fingerprint density at radius 3 is 2.45 bits per heavy atom. The number of rotatable bonds is 4. The average Bonchev–Trinajstić information content (AvgIpc) is 2.83. The Balaban J connectivity index is 1.40. The number of H-pyrrole nitrogens is 1. The molecule has 1 saturated heterocycles. The molecule has 0 spiro atoms. The molecule has 0 aliphatic carbocycles. The van der Waals surface area contributed by atoms with Crippen molar-refractivity contribution in [2.45, 2.75) is 6.42 Å². The number of halogens is 2. The fourth-order valence-electron chi connectivity index (χ4n) is 4.19. The van der Waals surface area contributed by atoms with E-state index >= 15 is 0 Å². The number of hydrogen-bond acceptors (Lipinski definition) is 6. The molecule has 1 radical (unpaired) electrons. The zero-order valence-corrected chi connectivity index (χ0v) is 18.5. The Morgan fingerprint density at radius 1 is 1.03 bits per heavy atom. The lowest BCUT2D eigenvalue weighted by molar-refractivity contribution is 0.583. The molecule has 7 nitrogen and oxygen atoms in total. The lowest BCUT2D eigenvalue weighted by Crippen LogP contribution is -2.41. The maximum atomic E-state index is 14.8. The van der Waals surface area contributed by atoms with Gasteiger partial charge in [-0.05, 0) is 23.8 Å². The largest absolute Gasteiger partial charge is 0.375 e. The van der Waals surface area contributed by atoms with Crippen LogP contribution in [0.5, 0.6) is 0 Å². The van der Waals surface area contributed by atoms with Gasteiger partial charge in [-0.25, -0.2) is 23.8 Å². The molecule has 0 amide bonds. The van der Waals surface area contributed by atoms with Crippen LogP contribution in [0, 0.1) is 11.6 Å². The molecule has 5 rings (SSSR count). The molecule has 0 bridgehead atoms. The van der Waals surface area contributed by atoms with Crippen molar-refractivity contribution in [3.8, 4) is 0 Å². The highest BCUT2D eigenvalue weighted by Crippen LogP contribution is 2.55. The highest BCUT2D eigenvalue weighted by molar-refractivity contribution is 7.77. The lowest BCUT2D eigenvalue weighted by atomic mass is 10.0. The predicted molar refractivity (Wildman–Crippen MR) is 124 cm³/mol. The zero-order chi connectivity index (χ0) is 23.0. The number of anilines is 1. The summed E-state index contributed by atoms with van der Waals surface area (Å²) in [5, 5.41) is 8.35. The van der Waals surface area contributed by atoms with E-state index in [0.717, 1.165) is 23.3 Å². The van der Waals surface area contributed by atoms with Crippen LogP contribution in [0.2, 0.25) is 0 Å². The molecule has 0 atom stereocenters. The van der Waals surface area contributed by atoms with Gasteiger partial charge in [-0.2, -0.15) is 5.10 Å². The van der Waals surface area contributed by atoms with Crippen LogP contribution >= 0.6 is 7.49 Å². The number of hydrogen-bond donors (Lipinski definition) is 2. The molecular formula is C23H21F2N5O2P. The van der Waals surface area contributed by atoms with Gasteiger partial charge in [-0.15, -0.1) is 0 Å². The number of benzene rings is 2. The molecule has 0 unspecified atom stereocenters. The van der Waals surface area contributed by atoms with Crippen LogP contribution in [0.1, 0.15) is 11.3 Å². The number of fused-ring (bicyclic) bond motifs is 1. The standard InChI is InChI=1S/C23H21F2N5O2P/c24-16-13-26-23(27-14-16)30-7-9-33(32,10-8-30)21-12-15(5-6-19(21)25)11-20-17-3-1-2-4-18(17)22(31)29-28-20/h1-6,12-14,32H,7-11H2,(H,29,31). The van der Waals surface area contributed by atoms with Gasteiger partial charge in [0.2, 0.25) is 5.95 Å². The van der Waals surface area contributed by atoms with Crippen LogP contribution in [0.3, 0.4) is 0 Å². The SMILES string of the molecule is O=c1[nH]nc(Cc2ccc(F)c([P]3(O)CCN(c4ncc(F)cn4)CC3)c2)c2ccccc12. The first-order valence-corrected chi connectivity index (χ1v) is 12.6. The van der Waals surface area contributed by atoms with E-state index < -0.39 is 19.1 Å². The van der Waals surface area contributed by atoms with E-state index in [1.807, 2.05) is 17.0 Å². The van der Waals surface area contributed by atoms with Crippen molar-refractivity contribution in [3.63, 3.8) is 0 Å². The van der Waals surface area contributed by atoms with Crippen LogP contribution in [0.25, 0.3) is 10.8 Å². The topological polar surface area (TPSA) is 95.0 Å². The van der Waals surface area contributed by atoms with Crippen molar-refractivity contribution in [2.75, 3.05) is 30.3 Å². The van der Waals surface area contributed by atoms with Gasteiger partial charge >= 0.3 is 0 Å². The van der Waals surface area contributed by atoms with Gasteiger partial charge in [-0.1, -0.05) is 24.3 Å². The molecule has 10 heteroatoms. The molecular weight excluding hydrogens is 447 g/mol. The Labute approximate surface area is 188 Å². The first-order chi connectivity index (χ1) is 15.9. The molecule has 2 N–H and O–H groups in total. The monoisotopic (exact) mass is 468 g/mol. The van der Waals surface area contributed by atoms with Crippen LogP contribution in [0.15, 0.2) is 59.7 Å². The predicted octanol–water partition coefficient (Wildman–Crippen LogP) is 2.65. The van der Waals surface area contributed by atoms with Crippen LogP contribution in [-0.4, -0.2) is 50.5 Å². The van der Waals surface area contributed by atoms with Crippen molar-refractivity contribution >= 4 is 29.5 Å². The minimum atomic E-state index is -2.73. The van der Waals surface area contributed by atoms with Gasteiger partial charge in [0.1, 0.15) is 5.82 Å². The summed E-state index contributed by atoms with van der Waals surface area (Å²) >= 11 is 0. The number of nitrogens with one attached hydrogen (secondary N) is 1. The minimum Gasteiger partial charge on any atom is -0.375 e. The summed E-state index contributed by atoms with van der Waals surface area (Å²) in [6.07, 6.45) is 3.37. The maximum Gasteiger partial charge on any atom is 0.272 e. The molecule has 1 fully saturated rings. The molecule has 1 aliphatic rings. The van der Waals surface area contributed by atoms with E-state index in [2.05, 4.69) is 20.2 Å².